The Morgan fingerprint density at radius 3 is 2.70 bits per heavy atom. The summed E-state index contributed by atoms with van der Waals surface area (Å²) in [6.07, 6.45) is 7.29. The molecular formula is C25H32N2O6. The number of carbonyl (C=O) groups is 2. The Balaban J connectivity index is 1.50. The van der Waals surface area contributed by atoms with Crippen molar-refractivity contribution < 1.29 is 28.3 Å². The van der Waals surface area contributed by atoms with Crippen molar-refractivity contribution in [2.75, 3.05) is 13.7 Å². The Kier molecular flexibility index (Phi) is 8.52. The highest BCUT2D eigenvalue weighted by atomic mass is 16.5. The number of nitrogens with zero attached hydrogens (tertiary/aromatic N) is 1. The van der Waals surface area contributed by atoms with Crippen LogP contribution >= 0.6 is 0 Å². The smallest absolute Gasteiger partial charge is 0.331 e. The Labute approximate surface area is 194 Å². The molecule has 0 bridgehead atoms. The lowest BCUT2D eigenvalue weighted by molar-refractivity contribution is -0.144. The van der Waals surface area contributed by atoms with Crippen LogP contribution in [-0.2, 0) is 20.9 Å². The number of carbonyl (C=O) groups excluding carboxylic acids is 2. The molecule has 1 aliphatic rings. The molecule has 1 aromatic carbocycles. The summed E-state index contributed by atoms with van der Waals surface area (Å²) in [4.78, 5) is 24.1. The Bertz CT molecular complexity index is 977. The minimum Gasteiger partial charge on any atom is -0.493 e. The molecule has 1 fully saturated rings. The Hall–Kier alpha value is -3.29. The average molecular weight is 457 g/mol. The molecule has 0 spiro atoms. The zero-order chi connectivity index (χ0) is 23.8. The first-order valence-electron chi connectivity index (χ1n) is 11.2. The first kappa shape index (κ1) is 24.4. The number of nitrogens with one attached hydrogen (secondary N) is 1. The van der Waals surface area contributed by atoms with Gasteiger partial charge in [0.15, 0.2) is 18.1 Å². The second kappa shape index (κ2) is 11.5. The SMILES string of the molecule is COc1cc(/C=C/C(=O)OCC(=O)NC2CCCCC2C)ccc1OCc1c(C)noc1C. The van der Waals surface area contributed by atoms with E-state index in [2.05, 4.69) is 17.4 Å². The van der Waals surface area contributed by atoms with Gasteiger partial charge in [0.25, 0.3) is 5.91 Å². The minimum absolute atomic E-state index is 0.159. The van der Waals surface area contributed by atoms with Crippen LogP contribution in [0.25, 0.3) is 6.08 Å². The van der Waals surface area contributed by atoms with Crippen molar-refractivity contribution in [1.82, 2.24) is 10.5 Å². The Morgan fingerprint density at radius 1 is 1.21 bits per heavy atom. The first-order valence-corrected chi connectivity index (χ1v) is 11.2. The molecule has 1 amide bonds. The third kappa shape index (κ3) is 6.84. The molecule has 1 N–H and O–H groups in total. The molecule has 1 saturated carbocycles. The number of esters is 1. The van der Waals surface area contributed by atoms with Gasteiger partial charge >= 0.3 is 5.97 Å². The van der Waals surface area contributed by atoms with Gasteiger partial charge in [-0.3, -0.25) is 4.79 Å². The van der Waals surface area contributed by atoms with Gasteiger partial charge in [0.1, 0.15) is 12.4 Å². The average Bonchev–Trinajstić information content (AvgIpc) is 3.13. The molecule has 2 aromatic rings. The normalized spacial score (nSPS) is 18.2. The first-order chi connectivity index (χ1) is 15.9. The van der Waals surface area contributed by atoms with Crippen molar-refractivity contribution in [2.45, 2.75) is 59.1 Å². The third-order valence-electron chi connectivity index (χ3n) is 5.96. The summed E-state index contributed by atoms with van der Waals surface area (Å²) in [5, 5.41) is 6.89. The number of ether oxygens (including phenoxy) is 3. The van der Waals surface area contributed by atoms with E-state index >= 15 is 0 Å². The summed E-state index contributed by atoms with van der Waals surface area (Å²) < 4.78 is 21.5. The van der Waals surface area contributed by atoms with Gasteiger partial charge in [0, 0.05) is 12.1 Å². The summed E-state index contributed by atoms with van der Waals surface area (Å²) >= 11 is 0. The number of benzene rings is 1. The van der Waals surface area contributed by atoms with Gasteiger partial charge in [-0.2, -0.15) is 0 Å². The van der Waals surface area contributed by atoms with Crippen LogP contribution in [0.1, 0.15) is 55.2 Å². The molecule has 2 unspecified atom stereocenters. The number of aryl methyl sites for hydroxylation is 2. The molecule has 1 aromatic heterocycles. The van der Waals surface area contributed by atoms with Gasteiger partial charge < -0.3 is 24.1 Å². The van der Waals surface area contributed by atoms with Crippen LogP contribution in [0.3, 0.4) is 0 Å². The molecule has 8 heteroatoms. The number of amides is 1. The van der Waals surface area contributed by atoms with Gasteiger partial charge in [-0.1, -0.05) is 31.0 Å². The van der Waals surface area contributed by atoms with Crippen LogP contribution in [0.4, 0.5) is 0 Å². The predicted molar refractivity (Wildman–Crippen MR) is 123 cm³/mol. The Morgan fingerprint density at radius 2 is 2.00 bits per heavy atom. The van der Waals surface area contributed by atoms with Crippen molar-refractivity contribution in [2.24, 2.45) is 5.92 Å². The summed E-state index contributed by atoms with van der Waals surface area (Å²) in [6, 6.07) is 5.47. The lowest BCUT2D eigenvalue weighted by Crippen LogP contribution is -2.42. The molecule has 0 aliphatic heterocycles. The lowest BCUT2D eigenvalue weighted by Gasteiger charge is -2.29. The van der Waals surface area contributed by atoms with Crippen LogP contribution in [0.2, 0.25) is 0 Å². The molecule has 0 saturated heterocycles. The minimum atomic E-state index is -0.584. The standard InChI is InChI=1S/C25H32N2O6/c1-16-7-5-6-8-21(16)26-24(28)15-32-25(29)12-10-19-9-11-22(23(13-19)30-4)31-14-20-17(2)27-33-18(20)3/h9-13,16,21H,5-8,14-15H2,1-4H3,(H,26,28)/b12-10+. The zero-order valence-electron chi connectivity index (χ0n) is 19.7. The topological polar surface area (TPSA) is 99.9 Å². The predicted octanol–water partition coefficient (Wildman–Crippen LogP) is 4.13. The van der Waals surface area contributed by atoms with Crippen LogP contribution in [0.5, 0.6) is 11.5 Å². The zero-order valence-corrected chi connectivity index (χ0v) is 19.7. The number of aromatic nitrogens is 1. The van der Waals surface area contributed by atoms with E-state index in [0.29, 0.717) is 29.8 Å². The van der Waals surface area contributed by atoms with E-state index in [4.69, 9.17) is 18.7 Å². The molecular weight excluding hydrogens is 424 g/mol. The quantitative estimate of drug-likeness (QED) is 0.447. The van der Waals surface area contributed by atoms with Gasteiger partial charge in [-0.05, 0) is 56.4 Å². The molecule has 0 radical (unpaired) electrons. The summed E-state index contributed by atoms with van der Waals surface area (Å²) in [5.41, 5.74) is 2.41. The number of hydrogen-bond acceptors (Lipinski definition) is 7. The monoisotopic (exact) mass is 456 g/mol. The lowest BCUT2D eigenvalue weighted by atomic mass is 9.86. The highest BCUT2D eigenvalue weighted by Crippen LogP contribution is 2.30. The summed E-state index contributed by atoms with van der Waals surface area (Å²) in [6.45, 7) is 5.85. The molecule has 2 atom stereocenters. The molecule has 1 aliphatic carbocycles. The molecule has 33 heavy (non-hydrogen) atoms. The van der Waals surface area contributed by atoms with Crippen molar-refractivity contribution >= 4 is 18.0 Å². The van der Waals surface area contributed by atoms with E-state index in [-0.39, 0.29) is 18.6 Å². The highest BCUT2D eigenvalue weighted by Gasteiger charge is 2.23. The fourth-order valence-corrected chi connectivity index (χ4v) is 3.89. The van der Waals surface area contributed by atoms with E-state index in [1.165, 1.54) is 12.5 Å². The van der Waals surface area contributed by atoms with Crippen molar-refractivity contribution in [3.05, 3.63) is 46.9 Å². The van der Waals surface area contributed by atoms with Gasteiger partial charge in [0.2, 0.25) is 0 Å². The maximum absolute atomic E-state index is 12.1. The number of methoxy groups -OCH3 is 1. The van der Waals surface area contributed by atoms with Crippen LogP contribution in [0, 0.1) is 19.8 Å². The maximum Gasteiger partial charge on any atom is 0.331 e. The molecule has 3 rings (SSSR count). The maximum atomic E-state index is 12.1. The van der Waals surface area contributed by atoms with E-state index in [1.54, 1.807) is 31.4 Å². The van der Waals surface area contributed by atoms with Gasteiger partial charge in [-0.15, -0.1) is 0 Å². The fourth-order valence-electron chi connectivity index (χ4n) is 3.89. The van der Waals surface area contributed by atoms with E-state index in [0.717, 1.165) is 36.1 Å². The fraction of sp³-hybridized carbons (Fsp3) is 0.480. The molecule has 178 valence electrons. The van der Waals surface area contributed by atoms with Crippen LogP contribution < -0.4 is 14.8 Å². The summed E-state index contributed by atoms with van der Waals surface area (Å²) in [7, 11) is 1.55. The summed E-state index contributed by atoms with van der Waals surface area (Å²) in [5.74, 6) is 1.40. The largest absolute Gasteiger partial charge is 0.493 e. The van der Waals surface area contributed by atoms with Crippen LogP contribution in [-0.4, -0.2) is 36.8 Å². The van der Waals surface area contributed by atoms with E-state index < -0.39 is 5.97 Å². The number of rotatable bonds is 9. The third-order valence-corrected chi connectivity index (χ3v) is 5.96. The van der Waals surface area contributed by atoms with Crippen LogP contribution in [0.15, 0.2) is 28.8 Å². The van der Waals surface area contributed by atoms with E-state index in [9.17, 15) is 9.59 Å². The van der Waals surface area contributed by atoms with Gasteiger partial charge in [0.05, 0.1) is 18.4 Å². The van der Waals surface area contributed by atoms with Crippen molar-refractivity contribution in [1.29, 1.82) is 0 Å². The second-order valence-corrected chi connectivity index (χ2v) is 8.38. The van der Waals surface area contributed by atoms with E-state index in [1.807, 2.05) is 13.8 Å². The molecule has 1 heterocycles. The highest BCUT2D eigenvalue weighted by molar-refractivity contribution is 5.89. The second-order valence-electron chi connectivity index (χ2n) is 8.38. The van der Waals surface area contributed by atoms with Gasteiger partial charge in [-0.25, -0.2) is 4.79 Å². The number of hydrogen-bond donors (Lipinski definition) is 1. The van der Waals surface area contributed by atoms with Crippen molar-refractivity contribution in [3.8, 4) is 11.5 Å². The molecule has 8 nitrogen and oxygen atoms in total. The van der Waals surface area contributed by atoms with Crippen molar-refractivity contribution in [3.63, 3.8) is 0 Å².